The molecule has 1 atom stereocenters. The first-order valence-electron chi connectivity index (χ1n) is 8.56. The van der Waals surface area contributed by atoms with Crippen molar-refractivity contribution in [1.82, 2.24) is 25.1 Å². The van der Waals surface area contributed by atoms with Gasteiger partial charge in [-0.2, -0.15) is 0 Å². The molecule has 0 bridgehead atoms. The number of nitrogens with one attached hydrogen (secondary N) is 2. The zero-order valence-corrected chi connectivity index (χ0v) is 15.8. The maximum atomic E-state index is 12.4. The molecule has 2 N–H and O–H groups in total. The van der Waals surface area contributed by atoms with E-state index in [0.717, 1.165) is 19.4 Å². The second-order valence-corrected chi connectivity index (χ2v) is 7.03. The van der Waals surface area contributed by atoms with Gasteiger partial charge in [0, 0.05) is 24.9 Å². The summed E-state index contributed by atoms with van der Waals surface area (Å²) in [5, 5.41) is 11.9. The molecule has 9 heteroatoms. The summed E-state index contributed by atoms with van der Waals surface area (Å²) in [6.07, 6.45) is 5.36. The molecule has 2 aromatic heterocycles. The highest BCUT2D eigenvalue weighted by atomic mass is 35.5. The molecule has 1 aromatic carbocycles. The van der Waals surface area contributed by atoms with Crippen LogP contribution in [-0.4, -0.2) is 44.9 Å². The number of carbonyl (C=O) groups excluding carboxylic acids is 1. The minimum absolute atomic E-state index is 0.0939. The molecule has 4 rings (SSSR count). The molecule has 0 unspecified atom stereocenters. The highest BCUT2D eigenvalue weighted by Gasteiger charge is 2.19. The van der Waals surface area contributed by atoms with Crippen LogP contribution in [0.4, 0.5) is 0 Å². The largest absolute Gasteiger partial charge is 0.376 e. The van der Waals surface area contributed by atoms with Crippen molar-refractivity contribution in [2.75, 3.05) is 13.2 Å². The zero-order valence-electron chi connectivity index (χ0n) is 14.3. The molecule has 27 heavy (non-hydrogen) atoms. The van der Waals surface area contributed by atoms with Gasteiger partial charge >= 0.3 is 0 Å². The standard InChI is InChI=1S/C18H17Cl2N5O2/c19-13-4-1-5-15(16(13)20)25-10-23-24-17(25)11-7-14(21-8-11)18(26)22-9-12-3-2-6-27-12/h1,4-5,7-8,10,12,21H,2-3,6,9H2,(H,22,26)/t12-/m0/s1. The van der Waals surface area contributed by atoms with Crippen molar-refractivity contribution >= 4 is 29.1 Å². The number of H-pyrrole nitrogens is 1. The lowest BCUT2D eigenvalue weighted by atomic mass is 10.2. The van der Waals surface area contributed by atoms with Gasteiger partial charge in [-0.15, -0.1) is 10.2 Å². The molecule has 1 aliphatic rings. The van der Waals surface area contributed by atoms with Gasteiger partial charge in [-0.3, -0.25) is 9.36 Å². The summed E-state index contributed by atoms with van der Waals surface area (Å²) >= 11 is 12.4. The second kappa shape index (κ2) is 7.72. The zero-order chi connectivity index (χ0) is 18.8. The Morgan fingerprint density at radius 2 is 2.30 bits per heavy atom. The van der Waals surface area contributed by atoms with E-state index in [0.29, 0.717) is 39.4 Å². The topological polar surface area (TPSA) is 84.8 Å². The first kappa shape index (κ1) is 18.0. The maximum Gasteiger partial charge on any atom is 0.267 e. The number of rotatable bonds is 5. The number of aromatic nitrogens is 4. The van der Waals surface area contributed by atoms with Crippen LogP contribution in [0.2, 0.25) is 10.0 Å². The van der Waals surface area contributed by atoms with Crippen molar-refractivity contribution in [1.29, 1.82) is 0 Å². The van der Waals surface area contributed by atoms with E-state index in [-0.39, 0.29) is 12.0 Å². The molecule has 1 saturated heterocycles. The van der Waals surface area contributed by atoms with Crippen molar-refractivity contribution in [2.24, 2.45) is 0 Å². The van der Waals surface area contributed by atoms with Crippen LogP contribution in [0, 0.1) is 0 Å². The third kappa shape index (κ3) is 3.71. The number of halogens is 2. The fourth-order valence-electron chi connectivity index (χ4n) is 3.05. The van der Waals surface area contributed by atoms with Gasteiger partial charge in [-0.05, 0) is 31.0 Å². The fraction of sp³-hybridized carbons (Fsp3) is 0.278. The number of hydrogen-bond donors (Lipinski definition) is 2. The Hall–Kier alpha value is -2.35. The van der Waals surface area contributed by atoms with E-state index in [4.69, 9.17) is 27.9 Å². The van der Waals surface area contributed by atoms with E-state index < -0.39 is 0 Å². The summed E-state index contributed by atoms with van der Waals surface area (Å²) in [6.45, 7) is 1.26. The van der Waals surface area contributed by atoms with E-state index in [1.807, 2.05) is 6.07 Å². The first-order valence-corrected chi connectivity index (χ1v) is 9.32. The number of nitrogens with zero attached hydrogens (tertiary/aromatic N) is 3. The Bertz CT molecular complexity index is 962. The lowest BCUT2D eigenvalue weighted by Crippen LogP contribution is -2.31. The summed E-state index contributed by atoms with van der Waals surface area (Å²) in [6, 6.07) is 7.06. The van der Waals surface area contributed by atoms with Gasteiger partial charge in [0.25, 0.3) is 5.91 Å². The number of amides is 1. The van der Waals surface area contributed by atoms with Crippen LogP contribution >= 0.6 is 23.2 Å². The Labute approximate surface area is 165 Å². The molecule has 0 radical (unpaired) electrons. The molecule has 1 fully saturated rings. The summed E-state index contributed by atoms with van der Waals surface area (Å²) in [5.74, 6) is 0.359. The van der Waals surface area contributed by atoms with Crippen molar-refractivity contribution in [3.63, 3.8) is 0 Å². The number of carbonyl (C=O) groups is 1. The number of benzene rings is 1. The average molecular weight is 406 g/mol. The predicted molar refractivity (Wildman–Crippen MR) is 102 cm³/mol. The van der Waals surface area contributed by atoms with Crippen LogP contribution in [0.5, 0.6) is 0 Å². The van der Waals surface area contributed by atoms with Crippen LogP contribution in [-0.2, 0) is 4.74 Å². The Morgan fingerprint density at radius 3 is 3.11 bits per heavy atom. The van der Waals surface area contributed by atoms with Crippen LogP contribution in [0.1, 0.15) is 23.3 Å². The van der Waals surface area contributed by atoms with Crippen molar-refractivity contribution in [2.45, 2.75) is 18.9 Å². The average Bonchev–Trinajstić information content (AvgIpc) is 3.42. The summed E-state index contributed by atoms with van der Waals surface area (Å²) < 4.78 is 7.25. The van der Waals surface area contributed by atoms with E-state index >= 15 is 0 Å². The minimum Gasteiger partial charge on any atom is -0.376 e. The Kier molecular flexibility index (Phi) is 5.15. The molecule has 140 valence electrons. The molecule has 0 spiro atoms. The molecule has 1 amide bonds. The lowest BCUT2D eigenvalue weighted by Gasteiger charge is -2.09. The van der Waals surface area contributed by atoms with E-state index in [2.05, 4.69) is 20.5 Å². The van der Waals surface area contributed by atoms with Gasteiger partial charge in [-0.1, -0.05) is 29.3 Å². The molecular weight excluding hydrogens is 389 g/mol. The fourth-order valence-corrected chi connectivity index (χ4v) is 3.43. The van der Waals surface area contributed by atoms with Crippen LogP contribution in [0.25, 0.3) is 17.1 Å². The summed E-state index contributed by atoms with van der Waals surface area (Å²) in [7, 11) is 0. The Morgan fingerprint density at radius 1 is 1.41 bits per heavy atom. The molecule has 0 saturated carbocycles. The first-order chi connectivity index (χ1) is 13.1. The molecule has 0 aliphatic carbocycles. The van der Waals surface area contributed by atoms with E-state index in [9.17, 15) is 4.79 Å². The second-order valence-electron chi connectivity index (χ2n) is 6.24. The number of ether oxygens (including phenoxy) is 1. The normalized spacial score (nSPS) is 16.6. The van der Waals surface area contributed by atoms with Crippen LogP contribution in [0.3, 0.4) is 0 Å². The maximum absolute atomic E-state index is 12.4. The minimum atomic E-state index is -0.191. The quantitative estimate of drug-likeness (QED) is 0.680. The van der Waals surface area contributed by atoms with Gasteiger partial charge in [0.15, 0.2) is 5.82 Å². The van der Waals surface area contributed by atoms with Gasteiger partial charge in [0.2, 0.25) is 0 Å². The predicted octanol–water partition coefficient (Wildman–Crippen LogP) is 3.48. The van der Waals surface area contributed by atoms with Crippen molar-refractivity contribution in [3.8, 4) is 17.1 Å². The molecule has 3 heterocycles. The van der Waals surface area contributed by atoms with Crippen molar-refractivity contribution in [3.05, 3.63) is 52.5 Å². The van der Waals surface area contributed by atoms with Gasteiger partial charge in [0.1, 0.15) is 12.0 Å². The molecule has 7 nitrogen and oxygen atoms in total. The van der Waals surface area contributed by atoms with Crippen molar-refractivity contribution < 1.29 is 9.53 Å². The summed E-state index contributed by atoms with van der Waals surface area (Å²) in [5.41, 5.74) is 1.82. The van der Waals surface area contributed by atoms with Crippen LogP contribution < -0.4 is 5.32 Å². The highest BCUT2D eigenvalue weighted by Crippen LogP contribution is 2.31. The highest BCUT2D eigenvalue weighted by molar-refractivity contribution is 6.43. The lowest BCUT2D eigenvalue weighted by molar-refractivity contribution is 0.0854. The SMILES string of the molecule is O=C(NC[C@@H]1CCCO1)c1cc(-c2nncn2-c2cccc(Cl)c2Cl)c[nH]1. The molecule has 3 aromatic rings. The van der Waals surface area contributed by atoms with Gasteiger partial charge < -0.3 is 15.0 Å². The third-order valence-electron chi connectivity index (χ3n) is 4.44. The third-order valence-corrected chi connectivity index (χ3v) is 5.25. The van der Waals surface area contributed by atoms with Crippen LogP contribution in [0.15, 0.2) is 36.8 Å². The van der Waals surface area contributed by atoms with E-state index in [1.54, 1.807) is 35.3 Å². The van der Waals surface area contributed by atoms with Gasteiger partial charge in [-0.25, -0.2) is 0 Å². The number of aromatic amines is 1. The van der Waals surface area contributed by atoms with E-state index in [1.165, 1.54) is 0 Å². The summed E-state index contributed by atoms with van der Waals surface area (Å²) in [4.78, 5) is 15.3. The monoisotopic (exact) mass is 405 g/mol. The van der Waals surface area contributed by atoms with Gasteiger partial charge in [0.05, 0.1) is 21.8 Å². The molecular formula is C18H17Cl2N5O2. The molecule has 1 aliphatic heterocycles. The Balaban J connectivity index is 1.55. The number of hydrogen-bond acceptors (Lipinski definition) is 4. The smallest absolute Gasteiger partial charge is 0.267 e.